The fraction of sp³-hybridized carbons (Fsp3) is 0.658. The molecule has 2 aromatic rings. The van der Waals surface area contributed by atoms with Crippen LogP contribution >= 0.6 is 0 Å². The summed E-state index contributed by atoms with van der Waals surface area (Å²) in [5.74, 6) is -0.190. The Bertz CT molecular complexity index is 872. The average molecular weight is 549 g/mol. The molecule has 40 heavy (non-hydrogen) atoms. The van der Waals surface area contributed by atoms with Gasteiger partial charge in [0.2, 0.25) is 0 Å². The Morgan fingerprint density at radius 2 is 0.950 bits per heavy atom. The molecule has 0 heterocycles. The van der Waals surface area contributed by atoms with Gasteiger partial charge >= 0.3 is 5.97 Å². The van der Waals surface area contributed by atoms with Crippen molar-refractivity contribution in [1.82, 2.24) is 0 Å². The lowest BCUT2D eigenvalue weighted by Gasteiger charge is -2.29. The second-order valence-electron chi connectivity index (χ2n) is 12.5. The highest BCUT2D eigenvalue weighted by molar-refractivity contribution is 5.90. The third-order valence-electron chi connectivity index (χ3n) is 8.55. The summed E-state index contributed by atoms with van der Waals surface area (Å²) < 4.78 is 5.96. The highest BCUT2D eigenvalue weighted by atomic mass is 16.5. The van der Waals surface area contributed by atoms with Gasteiger partial charge < -0.3 is 4.74 Å². The number of hydrogen-bond donors (Lipinski definition) is 0. The molecule has 0 radical (unpaired) electrons. The maximum atomic E-state index is 13.0. The largest absolute Gasteiger partial charge is 0.462 e. The lowest BCUT2D eigenvalue weighted by atomic mass is 9.80. The average Bonchev–Trinajstić information content (AvgIpc) is 2.99. The van der Waals surface area contributed by atoms with Crippen molar-refractivity contribution in [2.45, 2.75) is 149 Å². The fourth-order valence-corrected chi connectivity index (χ4v) is 5.75. The molecule has 0 aliphatic rings. The summed E-state index contributed by atoms with van der Waals surface area (Å²) in [6.45, 7) is 7.45. The highest BCUT2D eigenvalue weighted by Crippen LogP contribution is 2.32. The predicted octanol–water partition coefficient (Wildman–Crippen LogP) is 12.4. The monoisotopic (exact) mass is 548 g/mol. The molecule has 0 fully saturated rings. The second kappa shape index (κ2) is 21.6. The van der Waals surface area contributed by atoms with E-state index in [-0.39, 0.29) is 11.4 Å². The van der Waals surface area contributed by atoms with Gasteiger partial charge in [-0.25, -0.2) is 4.79 Å². The van der Waals surface area contributed by atoms with E-state index in [9.17, 15) is 4.79 Å². The standard InChI is InChI=1S/C38H60O2/c1-4-6-8-10-12-14-15-17-19-24-32-38(3,31-23-18-16-13-11-9-7-5-2)33-40-37(39)36-29-27-35(28-30-36)34-25-21-20-22-26-34/h20-22,25-30H,4-19,23-24,31-33H2,1-3H3. The molecule has 1 unspecified atom stereocenters. The Morgan fingerprint density at radius 3 is 1.40 bits per heavy atom. The van der Waals surface area contributed by atoms with E-state index in [0.717, 1.165) is 24.0 Å². The van der Waals surface area contributed by atoms with E-state index < -0.39 is 0 Å². The van der Waals surface area contributed by atoms with Crippen LogP contribution < -0.4 is 0 Å². The summed E-state index contributed by atoms with van der Waals surface area (Å²) in [4.78, 5) is 13.0. The van der Waals surface area contributed by atoms with Crippen molar-refractivity contribution in [1.29, 1.82) is 0 Å². The Hall–Kier alpha value is -2.09. The number of hydrogen-bond acceptors (Lipinski definition) is 2. The van der Waals surface area contributed by atoms with Crippen molar-refractivity contribution in [2.75, 3.05) is 6.61 Å². The quantitative estimate of drug-likeness (QED) is 0.0963. The minimum absolute atomic E-state index is 0.0714. The Morgan fingerprint density at radius 1 is 0.550 bits per heavy atom. The molecule has 0 spiro atoms. The first-order valence-electron chi connectivity index (χ1n) is 16.9. The van der Waals surface area contributed by atoms with E-state index in [1.54, 1.807) is 0 Å². The molecule has 0 aliphatic carbocycles. The lowest BCUT2D eigenvalue weighted by Crippen LogP contribution is -2.25. The summed E-state index contributed by atoms with van der Waals surface area (Å²) in [6.07, 6.45) is 26.6. The molecule has 1 atom stereocenters. The highest BCUT2D eigenvalue weighted by Gasteiger charge is 2.26. The van der Waals surface area contributed by atoms with Crippen molar-refractivity contribution in [3.8, 4) is 11.1 Å². The summed E-state index contributed by atoms with van der Waals surface area (Å²) in [5, 5.41) is 0. The van der Waals surface area contributed by atoms with E-state index in [1.807, 2.05) is 42.5 Å². The lowest BCUT2D eigenvalue weighted by molar-refractivity contribution is 0.0264. The number of carbonyl (C=O) groups is 1. The van der Waals surface area contributed by atoms with Crippen LogP contribution in [0.5, 0.6) is 0 Å². The van der Waals surface area contributed by atoms with Crippen molar-refractivity contribution < 1.29 is 9.53 Å². The first-order chi connectivity index (χ1) is 19.6. The van der Waals surface area contributed by atoms with Gasteiger partial charge in [-0.3, -0.25) is 0 Å². The number of carbonyl (C=O) groups excluding carboxylic acids is 1. The van der Waals surface area contributed by atoms with Gasteiger partial charge in [0.15, 0.2) is 0 Å². The van der Waals surface area contributed by atoms with Crippen LogP contribution in [0.25, 0.3) is 11.1 Å². The number of esters is 1. The van der Waals surface area contributed by atoms with Crippen molar-refractivity contribution >= 4 is 5.97 Å². The van der Waals surface area contributed by atoms with Crippen molar-refractivity contribution in [3.63, 3.8) is 0 Å². The van der Waals surface area contributed by atoms with Gasteiger partial charge in [0, 0.05) is 5.41 Å². The minimum atomic E-state index is -0.190. The molecule has 0 saturated heterocycles. The van der Waals surface area contributed by atoms with Crippen LogP contribution in [-0.4, -0.2) is 12.6 Å². The van der Waals surface area contributed by atoms with Crippen LogP contribution in [0.15, 0.2) is 54.6 Å². The van der Waals surface area contributed by atoms with Gasteiger partial charge in [0.25, 0.3) is 0 Å². The fourth-order valence-electron chi connectivity index (χ4n) is 5.75. The molecular formula is C38H60O2. The van der Waals surface area contributed by atoms with Crippen molar-refractivity contribution in [2.24, 2.45) is 5.41 Å². The molecule has 0 aliphatic heterocycles. The molecule has 2 aromatic carbocycles. The molecule has 224 valence electrons. The minimum Gasteiger partial charge on any atom is -0.462 e. The number of ether oxygens (including phenoxy) is 1. The van der Waals surface area contributed by atoms with Gasteiger partial charge in [-0.2, -0.15) is 0 Å². The number of unbranched alkanes of at least 4 members (excludes halogenated alkanes) is 16. The normalized spacial score (nSPS) is 12.8. The second-order valence-corrected chi connectivity index (χ2v) is 12.5. The number of rotatable bonds is 24. The molecule has 0 aromatic heterocycles. The maximum Gasteiger partial charge on any atom is 0.338 e. The predicted molar refractivity (Wildman–Crippen MR) is 174 cm³/mol. The van der Waals surface area contributed by atoms with Crippen molar-refractivity contribution in [3.05, 3.63) is 60.2 Å². The molecule has 0 N–H and O–H groups in total. The van der Waals surface area contributed by atoms with Gasteiger partial charge in [-0.05, 0) is 36.1 Å². The molecule has 2 nitrogen and oxygen atoms in total. The summed E-state index contributed by atoms with van der Waals surface area (Å²) in [5.41, 5.74) is 3.00. The van der Waals surface area contributed by atoms with Crippen LogP contribution in [0, 0.1) is 5.41 Å². The SMILES string of the molecule is CCCCCCCCCCCCC(C)(CCCCCCCCCC)COC(=O)c1ccc(-c2ccccc2)cc1. The zero-order valence-electron chi connectivity index (χ0n) is 26.4. The van der Waals surface area contributed by atoms with Crippen LogP contribution in [-0.2, 0) is 4.74 Å². The molecular weight excluding hydrogens is 488 g/mol. The third kappa shape index (κ3) is 15.1. The summed E-state index contributed by atoms with van der Waals surface area (Å²) in [7, 11) is 0. The molecule has 0 amide bonds. The van der Waals surface area contributed by atoms with Crippen LogP contribution in [0.3, 0.4) is 0 Å². The molecule has 0 saturated carbocycles. The first kappa shape index (κ1) is 34.1. The molecule has 0 bridgehead atoms. The van der Waals surface area contributed by atoms with E-state index in [0.29, 0.717) is 12.2 Å². The van der Waals surface area contributed by atoms with Gasteiger partial charge in [0.05, 0.1) is 12.2 Å². The maximum absolute atomic E-state index is 13.0. The van der Waals surface area contributed by atoms with E-state index in [1.165, 1.54) is 116 Å². The third-order valence-corrected chi connectivity index (χ3v) is 8.55. The Kier molecular flexibility index (Phi) is 18.4. The van der Waals surface area contributed by atoms with Crippen LogP contribution in [0.1, 0.15) is 160 Å². The zero-order chi connectivity index (χ0) is 28.7. The van der Waals surface area contributed by atoms with E-state index in [4.69, 9.17) is 4.74 Å². The number of benzene rings is 2. The molecule has 2 heteroatoms. The topological polar surface area (TPSA) is 26.3 Å². The first-order valence-corrected chi connectivity index (χ1v) is 16.9. The van der Waals surface area contributed by atoms with Gasteiger partial charge in [-0.1, -0.05) is 179 Å². The smallest absolute Gasteiger partial charge is 0.338 e. The van der Waals surface area contributed by atoms with Gasteiger partial charge in [0.1, 0.15) is 0 Å². The van der Waals surface area contributed by atoms with Crippen LogP contribution in [0.4, 0.5) is 0 Å². The zero-order valence-corrected chi connectivity index (χ0v) is 26.4. The summed E-state index contributed by atoms with van der Waals surface area (Å²) >= 11 is 0. The van der Waals surface area contributed by atoms with E-state index in [2.05, 4.69) is 32.9 Å². The summed E-state index contributed by atoms with van der Waals surface area (Å²) in [6, 6.07) is 18.2. The Labute approximate surface area is 247 Å². The van der Waals surface area contributed by atoms with E-state index >= 15 is 0 Å². The van der Waals surface area contributed by atoms with Gasteiger partial charge in [-0.15, -0.1) is 0 Å². The van der Waals surface area contributed by atoms with Crippen LogP contribution in [0.2, 0.25) is 0 Å². The molecule has 2 rings (SSSR count). The Balaban J connectivity index is 1.79.